The highest BCUT2D eigenvalue weighted by Crippen LogP contribution is 2.56. The maximum atomic E-state index is 16.8. The van der Waals surface area contributed by atoms with E-state index >= 15 is 8.78 Å². The zero-order valence-electron chi connectivity index (χ0n) is 45.7. The Morgan fingerprint density at radius 3 is 1.83 bits per heavy atom. The summed E-state index contributed by atoms with van der Waals surface area (Å²) in [5, 5.41) is 10.2. The Balaban J connectivity index is 0.963. The van der Waals surface area contributed by atoms with Gasteiger partial charge in [-0.1, -0.05) is 13.8 Å². The fourth-order valence-electron chi connectivity index (χ4n) is 9.60. The van der Waals surface area contributed by atoms with Gasteiger partial charge in [0.05, 0.1) is 38.4 Å². The maximum absolute atomic E-state index is 16.8. The van der Waals surface area contributed by atoms with Crippen LogP contribution >= 0.6 is 31.1 Å². The molecular formula is C43H57F2N11O27P4. The molecule has 4 aliphatic heterocycles. The van der Waals surface area contributed by atoms with Crippen LogP contribution in [0, 0.1) is 13.8 Å². The van der Waals surface area contributed by atoms with Gasteiger partial charge in [0.1, 0.15) is 72.8 Å². The Morgan fingerprint density at radius 1 is 0.678 bits per heavy atom. The van der Waals surface area contributed by atoms with E-state index in [9.17, 15) is 71.7 Å². The van der Waals surface area contributed by atoms with Crippen molar-refractivity contribution in [3.8, 4) is 0 Å². The molecule has 0 bridgehead atoms. The van der Waals surface area contributed by atoms with Crippen LogP contribution in [0.3, 0.4) is 0 Å². The van der Waals surface area contributed by atoms with Crippen molar-refractivity contribution in [1.29, 1.82) is 0 Å². The van der Waals surface area contributed by atoms with E-state index < -0.39 is 196 Å². The van der Waals surface area contributed by atoms with Gasteiger partial charge in [-0.05, 0) is 19.9 Å². The van der Waals surface area contributed by atoms with Crippen LogP contribution in [-0.2, 0) is 73.6 Å². The van der Waals surface area contributed by atoms with Crippen LogP contribution < -0.4 is 39.5 Å². The van der Waals surface area contributed by atoms with E-state index in [1.54, 1.807) is 0 Å². The molecule has 0 aromatic carbocycles. The molecule has 38 nitrogen and oxygen atoms in total. The minimum absolute atomic E-state index is 0.0805. The molecule has 9 rings (SSSR count). The van der Waals surface area contributed by atoms with E-state index in [4.69, 9.17) is 61.1 Å². The normalized spacial score (nSPS) is 31.3. The third-order valence-electron chi connectivity index (χ3n) is 13.9. The predicted octanol–water partition coefficient (Wildman–Crippen LogP) is -1.18. The van der Waals surface area contributed by atoms with Crippen molar-refractivity contribution in [2.24, 2.45) is 0 Å². The first-order valence-corrected chi connectivity index (χ1v) is 31.9. The topological polar surface area (TPSA) is 514 Å². The van der Waals surface area contributed by atoms with Crippen LogP contribution in [0.1, 0.15) is 56.6 Å². The molecule has 480 valence electrons. The van der Waals surface area contributed by atoms with Crippen LogP contribution in [0.5, 0.6) is 0 Å². The molecule has 4 aliphatic rings. The van der Waals surface area contributed by atoms with Gasteiger partial charge in [-0.25, -0.2) is 46.8 Å². The summed E-state index contributed by atoms with van der Waals surface area (Å²) in [5.74, 6) is -0.204. The number of imidazole rings is 1. The highest BCUT2D eigenvalue weighted by Gasteiger charge is 2.56. The molecular weight excluding hydrogens is 1260 g/mol. The van der Waals surface area contributed by atoms with Gasteiger partial charge in [0.2, 0.25) is 0 Å². The fourth-order valence-corrected chi connectivity index (χ4v) is 13.3. The van der Waals surface area contributed by atoms with Crippen molar-refractivity contribution in [3.05, 3.63) is 111 Å². The summed E-state index contributed by atoms with van der Waals surface area (Å²) in [7, 11) is -20.6. The number of ether oxygens (including phenoxy) is 5. The average Bonchev–Trinajstić information content (AvgIpc) is 2.87. The van der Waals surface area contributed by atoms with Crippen LogP contribution in [-0.4, -0.2) is 179 Å². The molecule has 10 N–H and O–H groups in total. The molecule has 4 saturated heterocycles. The lowest BCUT2D eigenvalue weighted by molar-refractivity contribution is -0.0646. The SMILES string of the molecule is COC1C(OP(=O)(O)OC2CC(n3cc(C)c(=O)[nH]c3=O)OC2CO)C(COP(=O)(O)OC2C(COP(=O)(O)OC3C(COP(=O)(O)C(C)C)OC(n4ccc(N)nc4=O)C3F)OC(n3ccc(=O)[nH]c3=O)C2F)OC1n1cnc2c(=O)[nH]c(C)nc21. The number of phosphoric ester groups is 3. The second-order valence-corrected chi connectivity index (χ2v) is 26.7. The first-order valence-electron chi connectivity index (χ1n) is 25.7. The summed E-state index contributed by atoms with van der Waals surface area (Å²) >= 11 is 0. The summed E-state index contributed by atoms with van der Waals surface area (Å²) in [6, 6.07) is 1.83. The Bertz CT molecular complexity index is 3940. The van der Waals surface area contributed by atoms with E-state index in [-0.39, 0.29) is 28.4 Å². The summed E-state index contributed by atoms with van der Waals surface area (Å²) in [6.07, 6.45) is -26.2. The number of nitrogens with one attached hydrogen (secondary N) is 3. The number of methoxy groups -OCH3 is 1. The van der Waals surface area contributed by atoms with Crippen LogP contribution in [0.25, 0.3) is 11.2 Å². The summed E-state index contributed by atoms with van der Waals surface area (Å²) in [6.45, 7) is 0.921. The number of phosphoric acid groups is 3. The Kier molecular flexibility index (Phi) is 19.5. The second-order valence-electron chi connectivity index (χ2n) is 20.2. The number of nitrogens with zero attached hydrogens (tertiary/aromatic N) is 7. The lowest BCUT2D eigenvalue weighted by atomic mass is 10.1. The van der Waals surface area contributed by atoms with Crippen molar-refractivity contribution < 1.29 is 107 Å². The monoisotopic (exact) mass is 1320 g/mol. The zero-order chi connectivity index (χ0) is 63.4. The molecule has 44 heteroatoms. The number of aromatic amines is 3. The number of rotatable bonds is 24. The van der Waals surface area contributed by atoms with Gasteiger partial charge >= 0.3 is 48.1 Å². The quantitative estimate of drug-likeness (QED) is 0.0329. The third-order valence-corrected chi connectivity index (χ3v) is 18.7. The van der Waals surface area contributed by atoms with Crippen molar-refractivity contribution in [2.75, 3.05) is 39.3 Å². The number of halogens is 2. The molecule has 19 atom stereocenters. The van der Waals surface area contributed by atoms with Gasteiger partial charge in [0.25, 0.3) is 16.7 Å². The number of anilines is 1. The predicted molar refractivity (Wildman–Crippen MR) is 283 cm³/mol. The molecule has 0 aliphatic carbocycles. The summed E-state index contributed by atoms with van der Waals surface area (Å²) in [4.78, 5) is 138. The minimum Gasteiger partial charge on any atom is -0.394 e. The van der Waals surface area contributed by atoms with E-state index in [1.165, 1.54) is 27.7 Å². The van der Waals surface area contributed by atoms with Crippen molar-refractivity contribution in [1.82, 2.24) is 48.2 Å². The van der Waals surface area contributed by atoms with E-state index in [0.717, 1.165) is 53.3 Å². The number of aliphatic hydroxyl groups is 1. The Hall–Kier alpha value is -5.51. The Labute approximate surface area is 484 Å². The number of alkyl halides is 2. The lowest BCUT2D eigenvalue weighted by Crippen LogP contribution is -2.38. The van der Waals surface area contributed by atoms with Gasteiger partial charge in [0, 0.05) is 43.8 Å². The largest absolute Gasteiger partial charge is 0.473 e. The molecule has 0 amide bonds. The van der Waals surface area contributed by atoms with E-state index in [0.29, 0.717) is 9.13 Å². The highest BCUT2D eigenvalue weighted by atomic mass is 31.2. The summed E-state index contributed by atoms with van der Waals surface area (Å²) < 4.78 is 157. The fraction of sp³-hybridized carbons (Fsp3) is 0.605. The summed E-state index contributed by atoms with van der Waals surface area (Å²) in [5.41, 5.74) is -1.55. The van der Waals surface area contributed by atoms with Gasteiger partial charge in [-0.2, -0.15) is 4.98 Å². The first-order chi connectivity index (χ1) is 40.8. The van der Waals surface area contributed by atoms with Crippen LogP contribution in [0.15, 0.2) is 65.8 Å². The minimum atomic E-state index is -5.86. The molecule has 4 fully saturated rings. The average molecular weight is 1320 g/mol. The molecule has 0 spiro atoms. The maximum Gasteiger partial charge on any atom is 0.473 e. The number of aromatic nitrogens is 10. The van der Waals surface area contributed by atoms with Crippen LogP contribution in [0.2, 0.25) is 0 Å². The third kappa shape index (κ3) is 14.4. The molecule has 9 heterocycles. The molecule has 0 radical (unpaired) electrons. The molecule has 5 aromatic heterocycles. The van der Waals surface area contributed by atoms with Gasteiger partial charge < -0.3 is 63.6 Å². The van der Waals surface area contributed by atoms with Crippen LogP contribution in [0.4, 0.5) is 14.6 Å². The molecule has 5 aromatic rings. The molecule has 19 unspecified atom stereocenters. The first kappa shape index (κ1) is 65.9. The number of aryl methyl sites for hydroxylation is 2. The van der Waals surface area contributed by atoms with Gasteiger partial charge in [-0.15, -0.1) is 0 Å². The zero-order valence-corrected chi connectivity index (χ0v) is 49.3. The van der Waals surface area contributed by atoms with Gasteiger partial charge in [-0.3, -0.25) is 74.3 Å². The number of nitrogens with two attached hydrogens (primary N) is 1. The highest BCUT2D eigenvalue weighted by molar-refractivity contribution is 7.53. The number of hydrogen-bond acceptors (Lipinski definition) is 27. The van der Waals surface area contributed by atoms with Gasteiger partial charge in [0.15, 0.2) is 42.2 Å². The van der Waals surface area contributed by atoms with Crippen molar-refractivity contribution >= 4 is 48.0 Å². The number of aliphatic hydroxyl groups excluding tert-OH is 1. The second kappa shape index (κ2) is 25.8. The van der Waals surface area contributed by atoms with Crippen molar-refractivity contribution in [3.63, 3.8) is 0 Å². The number of H-pyrrole nitrogens is 3. The van der Waals surface area contributed by atoms with E-state index in [1.807, 2.05) is 4.98 Å². The number of nitrogen functional groups attached to an aromatic ring is 1. The van der Waals surface area contributed by atoms with E-state index in [2.05, 4.69) is 24.9 Å². The smallest absolute Gasteiger partial charge is 0.394 e. The number of hydrogen-bond donors (Lipinski definition) is 9. The molecule has 0 saturated carbocycles. The lowest BCUT2D eigenvalue weighted by Gasteiger charge is -2.27. The number of fused-ring (bicyclic) bond motifs is 1. The van der Waals surface area contributed by atoms with Crippen molar-refractivity contribution in [2.45, 2.75) is 132 Å². The molecule has 87 heavy (non-hydrogen) atoms. The Morgan fingerprint density at radius 2 is 1.24 bits per heavy atom. The standard InChI is InChI=1S/C43H57F2N11O27P4/c1-17(2)84(64,65)73-13-22-31(28(44)38(77-22)53-8-6-25(46)50-41(53)61)81-85(66,67)74-14-23-32(29(45)39(78-23)54-9-7-26(58)51-42(54)62)82-86(68,69)75-15-24-33(34(72-5)40(79-24)56-16-47-30-35(56)48-19(4)49-37(30)60)83-87(70,71)80-20-10-27(76-21(20)12-57)55-11-18(3)36(59)52-43(55)63/h6-9,11,16-17,20-24,27-29,31-34,38-40,57H,10,12-15H2,1-5H3,(H,64,65)(H,66,67)(H,68,69)(H,70,71)(H2,46,50,61)(H,48,49,60)(H,51,58,62)(H,52,59,63).